The smallest absolute Gasteiger partial charge is 0.337 e. The standard InChI is InChI=1S/C21H26O12/c1-8(23)10-5-21(33-17(10)27)4-3-9-12(16(26)29-2)7-30-20(13(9)21)32-19-11(6-22)14(24)15(25)18(28)31-19/h3-5,7-9,11,13-15,18-20,22-25,28H,6H2,1-2H3. The number of allylic oxidation sites excluding steroid dienone is 1. The van der Waals surface area contributed by atoms with Gasteiger partial charge in [0.15, 0.2) is 18.2 Å². The van der Waals surface area contributed by atoms with Gasteiger partial charge in [-0.1, -0.05) is 6.08 Å². The summed E-state index contributed by atoms with van der Waals surface area (Å²) in [6.07, 6.45) is -3.08. The Morgan fingerprint density at radius 3 is 2.58 bits per heavy atom. The summed E-state index contributed by atoms with van der Waals surface area (Å²) in [5, 5.41) is 49.6. The predicted molar refractivity (Wildman–Crippen MR) is 104 cm³/mol. The van der Waals surface area contributed by atoms with E-state index in [9.17, 15) is 35.1 Å². The van der Waals surface area contributed by atoms with Gasteiger partial charge in [0.1, 0.15) is 6.10 Å². The molecule has 3 aliphatic heterocycles. The molecule has 5 N–H and O–H groups in total. The Morgan fingerprint density at radius 1 is 1.24 bits per heavy atom. The molecule has 12 heteroatoms. The van der Waals surface area contributed by atoms with E-state index in [0.29, 0.717) is 0 Å². The van der Waals surface area contributed by atoms with E-state index in [4.69, 9.17) is 23.7 Å². The van der Waals surface area contributed by atoms with E-state index >= 15 is 0 Å². The van der Waals surface area contributed by atoms with Crippen LogP contribution in [0.3, 0.4) is 0 Å². The second-order valence-electron chi connectivity index (χ2n) is 8.36. The third kappa shape index (κ3) is 3.87. The van der Waals surface area contributed by atoms with E-state index < -0.39 is 79.1 Å². The van der Waals surface area contributed by atoms with Gasteiger partial charge in [0.05, 0.1) is 55.2 Å². The van der Waals surface area contributed by atoms with Crippen LogP contribution in [0.25, 0.3) is 0 Å². The SMILES string of the molecule is COC(=O)C1=COC(OC2OC(O)C(O)C(O)C2CO)C2C1C=CC21C=C(C(C)O)C(=O)O1. The first kappa shape index (κ1) is 23.8. The molecule has 10 atom stereocenters. The molecular weight excluding hydrogens is 444 g/mol. The van der Waals surface area contributed by atoms with E-state index in [0.717, 1.165) is 6.26 Å². The zero-order valence-electron chi connectivity index (χ0n) is 17.8. The van der Waals surface area contributed by atoms with Crippen LogP contribution < -0.4 is 0 Å². The van der Waals surface area contributed by atoms with Crippen LogP contribution in [0.2, 0.25) is 0 Å². The lowest BCUT2D eigenvalue weighted by molar-refractivity contribution is -0.365. The zero-order chi connectivity index (χ0) is 24.1. The molecule has 0 aromatic carbocycles. The Morgan fingerprint density at radius 2 is 1.97 bits per heavy atom. The monoisotopic (exact) mass is 470 g/mol. The van der Waals surface area contributed by atoms with E-state index in [2.05, 4.69) is 0 Å². The molecular formula is C21H26O12. The molecule has 0 aromatic heterocycles. The van der Waals surface area contributed by atoms with Crippen molar-refractivity contribution in [3.8, 4) is 0 Å². The van der Waals surface area contributed by atoms with Crippen LogP contribution >= 0.6 is 0 Å². The first-order valence-corrected chi connectivity index (χ1v) is 10.4. The van der Waals surface area contributed by atoms with E-state index in [1.54, 1.807) is 12.2 Å². The van der Waals surface area contributed by atoms with Gasteiger partial charge < -0.3 is 49.2 Å². The maximum atomic E-state index is 12.4. The number of carbonyl (C=O) groups is 2. The number of fused-ring (bicyclic) bond motifs is 2. The van der Waals surface area contributed by atoms with Crippen molar-refractivity contribution < 1.29 is 58.8 Å². The van der Waals surface area contributed by atoms with Crippen LogP contribution in [0.1, 0.15) is 6.92 Å². The lowest BCUT2D eigenvalue weighted by Crippen LogP contribution is -2.58. The predicted octanol–water partition coefficient (Wildman–Crippen LogP) is -2.17. The summed E-state index contributed by atoms with van der Waals surface area (Å²) in [6.45, 7) is 0.757. The van der Waals surface area contributed by atoms with Crippen LogP contribution in [-0.2, 0) is 33.3 Å². The van der Waals surface area contributed by atoms with Crippen molar-refractivity contribution in [2.45, 2.75) is 49.7 Å². The van der Waals surface area contributed by atoms with Gasteiger partial charge >= 0.3 is 11.9 Å². The first-order valence-electron chi connectivity index (χ1n) is 10.4. The van der Waals surface area contributed by atoms with Gasteiger partial charge in [0.2, 0.25) is 6.29 Å². The maximum Gasteiger partial charge on any atom is 0.337 e. The van der Waals surface area contributed by atoms with Crippen LogP contribution in [0, 0.1) is 17.8 Å². The molecule has 1 aliphatic carbocycles. The molecule has 12 nitrogen and oxygen atoms in total. The van der Waals surface area contributed by atoms with Crippen molar-refractivity contribution >= 4 is 11.9 Å². The minimum Gasteiger partial charge on any atom is -0.471 e. The lowest BCUT2D eigenvalue weighted by atomic mass is 9.78. The largest absolute Gasteiger partial charge is 0.471 e. The molecule has 3 heterocycles. The van der Waals surface area contributed by atoms with Crippen molar-refractivity contribution in [3.63, 3.8) is 0 Å². The third-order valence-electron chi connectivity index (χ3n) is 6.39. The molecule has 0 saturated carbocycles. The fourth-order valence-electron chi connectivity index (χ4n) is 4.62. The van der Waals surface area contributed by atoms with Gasteiger partial charge in [0.25, 0.3) is 0 Å². The summed E-state index contributed by atoms with van der Waals surface area (Å²) in [6, 6.07) is 0. The first-order chi connectivity index (χ1) is 15.6. The molecule has 0 amide bonds. The Labute approximate surface area is 188 Å². The minimum absolute atomic E-state index is 0.0179. The quantitative estimate of drug-likeness (QED) is 0.217. The van der Waals surface area contributed by atoms with Gasteiger partial charge in [-0.05, 0) is 19.1 Å². The van der Waals surface area contributed by atoms with Gasteiger partial charge in [-0.3, -0.25) is 0 Å². The number of rotatable bonds is 5. The Kier molecular flexibility index (Phi) is 6.35. The summed E-state index contributed by atoms with van der Waals surface area (Å²) in [5.74, 6) is -4.15. The number of methoxy groups -OCH3 is 1. The molecule has 0 radical (unpaired) electrons. The number of hydrogen-bond donors (Lipinski definition) is 5. The fraction of sp³-hybridized carbons (Fsp3) is 0.619. The van der Waals surface area contributed by atoms with Gasteiger partial charge in [-0.15, -0.1) is 0 Å². The highest BCUT2D eigenvalue weighted by Crippen LogP contribution is 2.51. The second-order valence-corrected chi connectivity index (χ2v) is 8.36. The summed E-state index contributed by atoms with van der Waals surface area (Å²) in [5.41, 5.74) is -1.29. The van der Waals surface area contributed by atoms with Crippen LogP contribution in [0.5, 0.6) is 0 Å². The van der Waals surface area contributed by atoms with Crippen molar-refractivity contribution in [2.24, 2.45) is 17.8 Å². The molecule has 1 saturated heterocycles. The average molecular weight is 470 g/mol. The van der Waals surface area contributed by atoms with Gasteiger partial charge in [-0.25, -0.2) is 9.59 Å². The van der Waals surface area contributed by atoms with Crippen LogP contribution in [0.15, 0.2) is 35.6 Å². The van der Waals surface area contributed by atoms with Gasteiger partial charge in [0, 0.05) is 5.92 Å². The number of hydrogen-bond acceptors (Lipinski definition) is 12. The number of carbonyl (C=O) groups excluding carboxylic acids is 2. The van der Waals surface area contributed by atoms with Crippen LogP contribution in [0.4, 0.5) is 0 Å². The summed E-state index contributed by atoms with van der Waals surface area (Å²) in [4.78, 5) is 24.7. The molecule has 0 aromatic rings. The second kappa shape index (κ2) is 8.80. The summed E-state index contributed by atoms with van der Waals surface area (Å²) in [7, 11) is 1.20. The lowest BCUT2D eigenvalue weighted by Gasteiger charge is -2.44. The molecule has 1 fully saturated rings. The van der Waals surface area contributed by atoms with Crippen molar-refractivity contribution in [1.82, 2.24) is 0 Å². The Hall–Kier alpha value is -2.32. The molecule has 33 heavy (non-hydrogen) atoms. The number of aliphatic hydroxyl groups excluding tert-OH is 5. The molecule has 182 valence electrons. The molecule has 4 rings (SSSR count). The van der Waals surface area contributed by atoms with Crippen molar-refractivity contribution in [1.29, 1.82) is 0 Å². The van der Waals surface area contributed by atoms with E-state index in [-0.39, 0.29) is 11.1 Å². The maximum absolute atomic E-state index is 12.4. The summed E-state index contributed by atoms with van der Waals surface area (Å²) < 4.78 is 27.2. The van der Waals surface area contributed by atoms with Crippen molar-refractivity contribution in [3.05, 3.63) is 35.6 Å². The normalized spacial score (nSPS) is 42.8. The minimum atomic E-state index is -1.80. The fourth-order valence-corrected chi connectivity index (χ4v) is 4.62. The summed E-state index contributed by atoms with van der Waals surface area (Å²) >= 11 is 0. The van der Waals surface area contributed by atoms with E-state index in [1.807, 2.05) is 0 Å². The molecule has 4 aliphatic rings. The highest BCUT2D eigenvalue weighted by atomic mass is 16.8. The number of aliphatic hydroxyl groups is 5. The van der Waals surface area contributed by atoms with E-state index in [1.165, 1.54) is 20.1 Å². The Bertz CT molecular complexity index is 894. The average Bonchev–Trinajstić information content (AvgIpc) is 3.32. The molecule has 10 unspecified atom stereocenters. The third-order valence-corrected chi connectivity index (χ3v) is 6.39. The number of esters is 2. The van der Waals surface area contributed by atoms with Gasteiger partial charge in [-0.2, -0.15) is 0 Å². The molecule has 0 bridgehead atoms. The zero-order valence-corrected chi connectivity index (χ0v) is 17.8. The van der Waals surface area contributed by atoms with Crippen LogP contribution in [-0.4, -0.2) is 94.0 Å². The topological polar surface area (TPSA) is 181 Å². The highest BCUT2D eigenvalue weighted by molar-refractivity contribution is 5.94. The Balaban J connectivity index is 1.69. The highest BCUT2D eigenvalue weighted by Gasteiger charge is 2.59. The molecule has 1 spiro atoms. The van der Waals surface area contributed by atoms with Crippen molar-refractivity contribution in [2.75, 3.05) is 13.7 Å². The number of ether oxygens (including phenoxy) is 5.